The van der Waals surface area contributed by atoms with Crippen molar-refractivity contribution < 1.29 is 33.5 Å². The summed E-state index contributed by atoms with van der Waals surface area (Å²) in [4.78, 5) is 34.4. The Morgan fingerprint density at radius 3 is 2.57 bits per heavy atom. The highest BCUT2D eigenvalue weighted by Crippen LogP contribution is 2.37. The van der Waals surface area contributed by atoms with Crippen molar-refractivity contribution in [2.75, 3.05) is 32.2 Å². The molecule has 1 N–H and O–H groups in total. The molecule has 0 fully saturated rings. The van der Waals surface area contributed by atoms with Crippen molar-refractivity contribution in [3.05, 3.63) is 51.0 Å². The number of halogens is 1. The van der Waals surface area contributed by atoms with Crippen LogP contribution >= 0.6 is 11.6 Å². The second-order valence-corrected chi connectivity index (χ2v) is 6.50. The Labute approximate surface area is 175 Å². The van der Waals surface area contributed by atoms with Gasteiger partial charge in [-0.1, -0.05) is 11.6 Å². The van der Waals surface area contributed by atoms with E-state index >= 15 is 0 Å². The fourth-order valence-electron chi connectivity index (χ4n) is 2.63. The van der Waals surface area contributed by atoms with Crippen LogP contribution < -0.4 is 19.5 Å². The lowest BCUT2D eigenvalue weighted by molar-refractivity contribution is -0.385. The lowest BCUT2D eigenvalue weighted by Crippen LogP contribution is -2.21. The third-order valence-electron chi connectivity index (χ3n) is 4.05. The monoisotopic (exact) mass is 436 g/mol. The van der Waals surface area contributed by atoms with Crippen LogP contribution in [0.3, 0.4) is 0 Å². The van der Waals surface area contributed by atoms with Crippen LogP contribution in [-0.2, 0) is 9.53 Å². The third kappa shape index (κ3) is 4.90. The number of nitro benzene ring substituents is 1. The summed E-state index contributed by atoms with van der Waals surface area (Å²) < 4.78 is 20.9. The summed E-state index contributed by atoms with van der Waals surface area (Å²) >= 11 is 6.18. The van der Waals surface area contributed by atoms with Gasteiger partial charge in [0.15, 0.2) is 23.9 Å². The summed E-state index contributed by atoms with van der Waals surface area (Å²) in [6.07, 6.45) is 0.714. The summed E-state index contributed by atoms with van der Waals surface area (Å²) in [6.45, 7) is 0.397. The number of carbonyl (C=O) groups excluding carboxylic acids is 2. The van der Waals surface area contributed by atoms with Crippen LogP contribution in [0.5, 0.6) is 17.2 Å². The van der Waals surface area contributed by atoms with Gasteiger partial charge in [-0.05, 0) is 6.07 Å². The standard InChI is InChI=1S/C19H17ClN2O8/c1-27-19(24)11-3-4-14(22(25)26)15(7-11)30-10-18(23)21-13-9-17-16(8-12(13)20)28-5-2-6-29-17/h3-4,7-9H,2,5-6,10H2,1H3,(H,21,23). The Morgan fingerprint density at radius 2 is 1.90 bits per heavy atom. The minimum atomic E-state index is -0.696. The molecule has 1 heterocycles. The molecule has 1 aliphatic heterocycles. The predicted octanol–water partition coefficient (Wildman–Crippen LogP) is 3.21. The van der Waals surface area contributed by atoms with E-state index in [1.165, 1.54) is 25.3 Å². The van der Waals surface area contributed by atoms with Gasteiger partial charge >= 0.3 is 11.7 Å². The first-order chi connectivity index (χ1) is 14.4. The number of nitrogens with zero attached hydrogens (tertiary/aromatic N) is 1. The largest absolute Gasteiger partial charge is 0.490 e. The number of rotatable bonds is 6. The fraction of sp³-hybridized carbons (Fsp3) is 0.263. The molecule has 11 heteroatoms. The smallest absolute Gasteiger partial charge is 0.337 e. The first-order valence-corrected chi connectivity index (χ1v) is 9.15. The SMILES string of the molecule is COC(=O)c1ccc([N+](=O)[O-])c(OCC(=O)Nc2cc3c(cc2Cl)OCCCO3)c1. The van der Waals surface area contributed by atoms with E-state index in [1.54, 1.807) is 0 Å². The Kier molecular flexibility index (Phi) is 6.58. The van der Waals surface area contributed by atoms with Gasteiger partial charge in [0.25, 0.3) is 5.91 Å². The maximum atomic E-state index is 12.3. The average molecular weight is 437 g/mol. The number of nitrogens with one attached hydrogen (secondary N) is 1. The van der Waals surface area contributed by atoms with Crippen LogP contribution in [0.1, 0.15) is 16.8 Å². The second kappa shape index (κ2) is 9.31. The summed E-state index contributed by atoms with van der Waals surface area (Å²) in [5.41, 5.74) is -0.0825. The number of benzene rings is 2. The number of methoxy groups -OCH3 is 1. The number of hydrogen-bond acceptors (Lipinski definition) is 8. The molecule has 0 radical (unpaired) electrons. The predicted molar refractivity (Wildman–Crippen MR) is 106 cm³/mol. The summed E-state index contributed by atoms with van der Waals surface area (Å²) in [6, 6.07) is 6.52. The maximum absolute atomic E-state index is 12.3. The number of nitro groups is 1. The summed E-state index contributed by atoms with van der Waals surface area (Å²) in [7, 11) is 1.18. The molecule has 10 nitrogen and oxygen atoms in total. The molecule has 2 aromatic rings. The topological polar surface area (TPSA) is 126 Å². The van der Waals surface area contributed by atoms with Gasteiger partial charge in [0, 0.05) is 30.7 Å². The molecular weight excluding hydrogens is 420 g/mol. The molecule has 0 saturated heterocycles. The molecule has 0 bridgehead atoms. The lowest BCUT2D eigenvalue weighted by Gasteiger charge is -2.13. The minimum absolute atomic E-state index is 0.0458. The van der Waals surface area contributed by atoms with E-state index in [0.29, 0.717) is 31.1 Å². The molecule has 0 aromatic heterocycles. The second-order valence-electron chi connectivity index (χ2n) is 6.10. The van der Waals surface area contributed by atoms with Gasteiger partial charge in [0.2, 0.25) is 0 Å². The molecule has 1 amide bonds. The van der Waals surface area contributed by atoms with Crippen molar-refractivity contribution >= 4 is 34.9 Å². The quantitative estimate of drug-likeness (QED) is 0.415. The van der Waals surface area contributed by atoms with Gasteiger partial charge < -0.3 is 24.3 Å². The zero-order valence-electron chi connectivity index (χ0n) is 15.8. The van der Waals surface area contributed by atoms with E-state index in [-0.39, 0.29) is 22.0 Å². The van der Waals surface area contributed by atoms with Crippen LogP contribution in [0.2, 0.25) is 5.02 Å². The normalized spacial score (nSPS) is 12.5. The van der Waals surface area contributed by atoms with E-state index in [9.17, 15) is 19.7 Å². The lowest BCUT2D eigenvalue weighted by atomic mass is 10.2. The number of esters is 1. The van der Waals surface area contributed by atoms with Gasteiger partial charge in [-0.15, -0.1) is 0 Å². The van der Waals surface area contributed by atoms with E-state index in [4.69, 9.17) is 25.8 Å². The van der Waals surface area contributed by atoms with Crippen molar-refractivity contribution in [3.63, 3.8) is 0 Å². The Balaban J connectivity index is 1.72. The van der Waals surface area contributed by atoms with Gasteiger partial charge in [-0.25, -0.2) is 4.79 Å². The maximum Gasteiger partial charge on any atom is 0.337 e. The molecule has 0 spiro atoms. The van der Waals surface area contributed by atoms with Gasteiger partial charge in [-0.2, -0.15) is 0 Å². The van der Waals surface area contributed by atoms with E-state index < -0.39 is 29.1 Å². The van der Waals surface area contributed by atoms with Gasteiger partial charge in [0.1, 0.15) is 0 Å². The average Bonchev–Trinajstić information content (AvgIpc) is 2.96. The van der Waals surface area contributed by atoms with Crippen molar-refractivity contribution in [3.8, 4) is 17.2 Å². The molecule has 0 unspecified atom stereocenters. The van der Waals surface area contributed by atoms with Crippen LogP contribution in [-0.4, -0.2) is 43.7 Å². The first kappa shape index (κ1) is 21.2. The molecule has 1 aliphatic rings. The number of hydrogen-bond donors (Lipinski definition) is 1. The van der Waals surface area contributed by atoms with Crippen LogP contribution in [0, 0.1) is 10.1 Å². The highest BCUT2D eigenvalue weighted by atomic mass is 35.5. The molecule has 30 heavy (non-hydrogen) atoms. The molecule has 0 saturated carbocycles. The number of carbonyl (C=O) groups is 2. The van der Waals surface area contributed by atoms with Crippen LogP contribution in [0.25, 0.3) is 0 Å². The zero-order valence-corrected chi connectivity index (χ0v) is 16.6. The molecule has 2 aromatic carbocycles. The van der Waals surface area contributed by atoms with Gasteiger partial charge in [0.05, 0.1) is 41.5 Å². The molecular formula is C19H17ClN2O8. The van der Waals surface area contributed by atoms with Gasteiger partial charge in [-0.3, -0.25) is 14.9 Å². The van der Waals surface area contributed by atoms with E-state index in [2.05, 4.69) is 10.1 Å². The fourth-order valence-corrected chi connectivity index (χ4v) is 2.84. The summed E-state index contributed by atoms with van der Waals surface area (Å²) in [5, 5.41) is 14.0. The minimum Gasteiger partial charge on any atom is -0.490 e. The van der Waals surface area contributed by atoms with Crippen molar-refractivity contribution in [1.29, 1.82) is 0 Å². The zero-order chi connectivity index (χ0) is 21.7. The van der Waals surface area contributed by atoms with E-state index in [1.807, 2.05) is 0 Å². The van der Waals surface area contributed by atoms with Crippen LogP contribution in [0.4, 0.5) is 11.4 Å². The number of amides is 1. The molecule has 0 aliphatic carbocycles. The van der Waals surface area contributed by atoms with Crippen molar-refractivity contribution in [2.45, 2.75) is 6.42 Å². The Bertz CT molecular complexity index is 995. The molecule has 0 atom stereocenters. The Hall–Kier alpha value is -3.53. The van der Waals surface area contributed by atoms with E-state index in [0.717, 1.165) is 12.1 Å². The first-order valence-electron chi connectivity index (χ1n) is 8.77. The van der Waals surface area contributed by atoms with Crippen LogP contribution in [0.15, 0.2) is 30.3 Å². The van der Waals surface area contributed by atoms with Crippen molar-refractivity contribution in [2.24, 2.45) is 0 Å². The number of anilines is 1. The number of ether oxygens (including phenoxy) is 4. The molecule has 3 rings (SSSR count). The Morgan fingerprint density at radius 1 is 1.20 bits per heavy atom. The highest BCUT2D eigenvalue weighted by Gasteiger charge is 2.20. The molecule has 158 valence electrons. The number of fused-ring (bicyclic) bond motifs is 1. The summed E-state index contributed by atoms with van der Waals surface area (Å²) in [5.74, 6) is -0.651. The van der Waals surface area contributed by atoms with Crippen molar-refractivity contribution in [1.82, 2.24) is 0 Å². The highest BCUT2D eigenvalue weighted by molar-refractivity contribution is 6.34. The third-order valence-corrected chi connectivity index (χ3v) is 4.36.